The molecule has 4 rings (SSSR count). The van der Waals surface area contributed by atoms with E-state index in [0.717, 1.165) is 17.0 Å². The van der Waals surface area contributed by atoms with E-state index >= 15 is 0 Å². The van der Waals surface area contributed by atoms with Crippen molar-refractivity contribution in [2.45, 2.75) is 35.5 Å². The Kier molecular flexibility index (Phi) is 6.35. The van der Waals surface area contributed by atoms with Crippen LogP contribution in [-0.4, -0.2) is 65.4 Å². The van der Waals surface area contributed by atoms with Gasteiger partial charge in [0.25, 0.3) is 11.8 Å². The molecule has 14 heteroatoms. The van der Waals surface area contributed by atoms with Gasteiger partial charge >= 0.3 is 5.92 Å². The Morgan fingerprint density at radius 1 is 1.11 bits per heavy atom. The molecule has 2 atom stereocenters. The highest BCUT2D eigenvalue weighted by molar-refractivity contribution is 6.41. The van der Waals surface area contributed by atoms with Gasteiger partial charge in [-0.25, -0.2) is 0 Å². The van der Waals surface area contributed by atoms with E-state index in [2.05, 4.69) is 5.32 Å². The second-order valence-corrected chi connectivity index (χ2v) is 9.12. The maximum Gasteiger partial charge on any atom is 0.349 e. The lowest BCUT2D eigenvalue weighted by molar-refractivity contribution is -0.147. The van der Waals surface area contributed by atoms with Crippen LogP contribution in [0, 0.1) is 0 Å². The Balaban J connectivity index is 1.58. The number of carbonyl (C=O) groups excluding carboxylic acids is 4. The van der Waals surface area contributed by atoms with E-state index < -0.39 is 51.7 Å². The zero-order valence-corrected chi connectivity index (χ0v) is 19.3. The molecule has 7 nitrogen and oxygen atoms in total. The third-order valence-electron chi connectivity index (χ3n) is 6.23. The summed E-state index contributed by atoms with van der Waals surface area (Å²) in [5.41, 5.74) is -2.20. The van der Waals surface area contributed by atoms with Gasteiger partial charge in [-0.3, -0.25) is 24.5 Å². The van der Waals surface area contributed by atoms with Crippen LogP contribution in [0.15, 0.2) is 42.5 Å². The van der Waals surface area contributed by atoms with Crippen molar-refractivity contribution in [3.8, 4) is 0 Å². The van der Waals surface area contributed by atoms with Crippen LogP contribution in [0.25, 0.3) is 0 Å². The second-order valence-electron chi connectivity index (χ2n) is 8.68. The van der Waals surface area contributed by atoms with Crippen LogP contribution in [0.5, 0.6) is 0 Å². The number of nitrogens with zero attached hydrogens (tertiary/aromatic N) is 1. The molecule has 2 heterocycles. The molecule has 1 fully saturated rings. The van der Waals surface area contributed by atoms with Gasteiger partial charge in [-0.2, -0.15) is 8.78 Å². The molecule has 4 amide bonds. The standard InChI is InChI=1S/C22H14B4ClF2N3O4/c23-15-8-16(33)30-18(35)20(15,24)32-9-10-7-12(3-6-14(10)17(32)34)22(25,26)31-19(36)21(28,29)11-1-4-13(27)5-2-11/h1-7,15H,8-9H2,(H,31,36)(H,30,33,35)/t15?,20-/m0/s1. The van der Waals surface area contributed by atoms with Gasteiger partial charge in [-0.1, -0.05) is 35.9 Å². The van der Waals surface area contributed by atoms with Crippen molar-refractivity contribution in [3.63, 3.8) is 0 Å². The molecule has 1 unspecified atom stereocenters. The van der Waals surface area contributed by atoms with Crippen molar-refractivity contribution in [2.75, 3.05) is 0 Å². The maximum absolute atomic E-state index is 14.7. The van der Waals surface area contributed by atoms with Crippen molar-refractivity contribution in [1.29, 1.82) is 0 Å². The summed E-state index contributed by atoms with van der Waals surface area (Å²) in [5, 5.41) is 1.94. The van der Waals surface area contributed by atoms with Crippen molar-refractivity contribution < 1.29 is 28.0 Å². The highest BCUT2D eigenvalue weighted by Crippen LogP contribution is 2.38. The average Bonchev–Trinajstić information content (AvgIpc) is 3.13. The van der Waals surface area contributed by atoms with E-state index in [1.807, 2.05) is 5.32 Å². The number of alkyl halides is 2. The van der Waals surface area contributed by atoms with Gasteiger partial charge in [0.1, 0.15) is 7.85 Å². The summed E-state index contributed by atoms with van der Waals surface area (Å²) >= 11 is 5.71. The van der Waals surface area contributed by atoms with E-state index in [0.29, 0.717) is 5.56 Å². The fraction of sp³-hybridized carbons (Fsp3) is 0.273. The molecule has 174 valence electrons. The Morgan fingerprint density at radius 2 is 1.72 bits per heavy atom. The Bertz CT molecular complexity index is 1290. The molecule has 8 radical (unpaired) electrons. The van der Waals surface area contributed by atoms with Crippen molar-refractivity contribution >= 4 is 66.6 Å². The quantitative estimate of drug-likeness (QED) is 0.462. The number of hydrogen-bond acceptors (Lipinski definition) is 4. The van der Waals surface area contributed by atoms with E-state index in [9.17, 15) is 28.0 Å². The number of fused-ring (bicyclic) bond motifs is 1. The van der Waals surface area contributed by atoms with Crippen LogP contribution >= 0.6 is 11.6 Å². The first-order valence-electron chi connectivity index (χ1n) is 10.6. The molecule has 0 bridgehead atoms. The SMILES string of the molecule is [B]C1CC(=O)NC(=O)[C@@]1([B])N1Cc2cc(C([B])([B])NC(=O)C(F)(F)c3ccc(Cl)cc3)ccc2C1=O. The first-order valence-corrected chi connectivity index (χ1v) is 10.9. The zero-order valence-electron chi connectivity index (χ0n) is 18.6. The van der Waals surface area contributed by atoms with Crippen molar-refractivity contribution in [2.24, 2.45) is 0 Å². The van der Waals surface area contributed by atoms with Crippen molar-refractivity contribution in [1.82, 2.24) is 15.5 Å². The molecule has 2 N–H and O–H groups in total. The fourth-order valence-electron chi connectivity index (χ4n) is 4.13. The van der Waals surface area contributed by atoms with Crippen LogP contribution in [0.2, 0.25) is 10.8 Å². The summed E-state index contributed by atoms with van der Waals surface area (Å²) in [6.07, 6.45) is -0.282. The zero-order chi connectivity index (χ0) is 26.6. The van der Waals surface area contributed by atoms with E-state index in [4.69, 9.17) is 43.0 Å². The monoisotopic (exact) mass is 501 g/mol. The highest BCUT2D eigenvalue weighted by atomic mass is 35.5. The lowest BCUT2D eigenvalue weighted by Crippen LogP contribution is -2.66. The van der Waals surface area contributed by atoms with Gasteiger partial charge in [0.2, 0.25) is 11.8 Å². The summed E-state index contributed by atoms with van der Waals surface area (Å²) in [4.78, 5) is 50.5. The predicted octanol–water partition coefficient (Wildman–Crippen LogP) is 0.520. The summed E-state index contributed by atoms with van der Waals surface area (Å²) in [6.45, 7) is -0.210. The smallest absolute Gasteiger partial charge is 0.349 e. The topological polar surface area (TPSA) is 95.6 Å². The first kappa shape index (κ1) is 26.0. The van der Waals surface area contributed by atoms with Gasteiger partial charge < -0.3 is 10.2 Å². The lowest BCUT2D eigenvalue weighted by atomic mass is 9.55. The van der Waals surface area contributed by atoms with E-state index in [1.165, 1.54) is 30.3 Å². The van der Waals surface area contributed by atoms with Gasteiger partial charge in [-0.15, -0.1) is 0 Å². The van der Waals surface area contributed by atoms with Crippen molar-refractivity contribution in [3.05, 3.63) is 69.7 Å². The molecular formula is C22H14B4ClF2N3O4. The first-order chi connectivity index (χ1) is 16.7. The maximum atomic E-state index is 14.7. The normalized spacial score (nSPS) is 22.2. The lowest BCUT2D eigenvalue weighted by Gasteiger charge is -2.45. The minimum absolute atomic E-state index is 0.00482. The third kappa shape index (κ3) is 4.23. The molecule has 0 aromatic heterocycles. The van der Waals surface area contributed by atoms with E-state index in [-0.39, 0.29) is 29.1 Å². The largest absolute Gasteiger partial charge is 0.358 e. The molecule has 2 aromatic rings. The fourth-order valence-corrected chi connectivity index (χ4v) is 4.26. The molecule has 0 aliphatic carbocycles. The van der Waals surface area contributed by atoms with Gasteiger partial charge in [0, 0.05) is 29.1 Å². The number of imide groups is 1. The van der Waals surface area contributed by atoms with Crippen LogP contribution in [0.3, 0.4) is 0 Å². The van der Waals surface area contributed by atoms with Gasteiger partial charge in [-0.05, 0) is 40.5 Å². The number of carbonyl (C=O) groups is 4. The average molecular weight is 501 g/mol. The number of hydrogen-bond donors (Lipinski definition) is 2. The number of rotatable bonds is 5. The summed E-state index contributed by atoms with van der Waals surface area (Å²) in [5.74, 6) is -9.11. The van der Waals surface area contributed by atoms with Gasteiger partial charge in [0.15, 0.2) is 0 Å². The molecule has 2 aromatic carbocycles. The second kappa shape index (κ2) is 8.80. The number of amides is 4. The minimum Gasteiger partial charge on any atom is -0.358 e. The van der Waals surface area contributed by atoms with E-state index in [1.54, 1.807) is 0 Å². The van der Waals surface area contributed by atoms with Gasteiger partial charge in [0.05, 0.1) is 29.0 Å². The van der Waals surface area contributed by atoms with Crippen LogP contribution in [-0.2, 0) is 32.2 Å². The molecule has 0 saturated carbocycles. The molecule has 1 saturated heterocycles. The highest BCUT2D eigenvalue weighted by Gasteiger charge is 2.51. The molecule has 36 heavy (non-hydrogen) atoms. The number of benzene rings is 2. The number of halogens is 3. The van der Waals surface area contributed by atoms with Crippen LogP contribution < -0.4 is 10.6 Å². The molecule has 2 aliphatic heterocycles. The molecule has 0 spiro atoms. The predicted molar refractivity (Wildman–Crippen MR) is 129 cm³/mol. The van der Waals surface area contributed by atoms with Crippen LogP contribution in [0.4, 0.5) is 8.78 Å². The third-order valence-corrected chi connectivity index (χ3v) is 6.49. The molecular weight excluding hydrogens is 487 g/mol. The molecule has 2 aliphatic rings. The Morgan fingerprint density at radius 3 is 2.33 bits per heavy atom. The summed E-state index contributed by atoms with van der Waals surface area (Å²) in [6, 6.07) is 8.31. The summed E-state index contributed by atoms with van der Waals surface area (Å²) in [7, 11) is 24.1. The minimum atomic E-state index is -3.98. The number of nitrogens with one attached hydrogen (secondary N) is 2. The van der Waals surface area contributed by atoms with Crippen LogP contribution in [0.1, 0.15) is 33.5 Å². The Labute approximate surface area is 215 Å². The number of piperidine rings is 1. The Hall–Kier alpha value is -3.07. The summed E-state index contributed by atoms with van der Waals surface area (Å²) < 4.78 is 29.4.